The zero-order chi connectivity index (χ0) is 11.4. The predicted octanol–water partition coefficient (Wildman–Crippen LogP) is 2.49. The third-order valence-corrected chi connectivity index (χ3v) is 2.62. The molecule has 0 saturated carbocycles. The Bertz CT molecular complexity index is 549. The van der Waals surface area contributed by atoms with Crippen LogP contribution in [0.3, 0.4) is 0 Å². The number of fused-ring (bicyclic) bond motifs is 1. The molecule has 0 aliphatic heterocycles. The van der Waals surface area contributed by atoms with Gasteiger partial charge in [-0.15, -0.1) is 0 Å². The lowest BCUT2D eigenvalue weighted by Crippen LogP contribution is -1.96. The Hall–Kier alpha value is -2.08. The van der Waals surface area contributed by atoms with Gasteiger partial charge in [-0.05, 0) is 30.7 Å². The summed E-state index contributed by atoms with van der Waals surface area (Å²) in [6, 6.07) is 9.77. The monoisotopic (exact) mass is 212 g/mol. The summed E-state index contributed by atoms with van der Waals surface area (Å²) in [5.41, 5.74) is 1.79. The van der Waals surface area contributed by atoms with Crippen LogP contribution in [-0.4, -0.2) is 10.9 Å². The summed E-state index contributed by atoms with van der Waals surface area (Å²) in [6.07, 6.45) is 4.39. The Balaban J connectivity index is 2.28. The number of nitriles is 1. The highest BCUT2D eigenvalue weighted by Gasteiger charge is 2.01. The van der Waals surface area contributed by atoms with Crippen LogP contribution < -0.4 is 0 Å². The van der Waals surface area contributed by atoms with Crippen LogP contribution in [0.15, 0.2) is 30.5 Å². The first-order chi connectivity index (χ1) is 7.85. The average molecular weight is 212 g/mol. The van der Waals surface area contributed by atoms with Crippen molar-refractivity contribution in [1.29, 1.82) is 5.26 Å². The van der Waals surface area contributed by atoms with Gasteiger partial charge in [0.2, 0.25) is 0 Å². The molecule has 2 aromatic rings. The lowest BCUT2D eigenvalue weighted by molar-refractivity contribution is -0.107. The molecule has 0 N–H and O–H groups in total. The van der Waals surface area contributed by atoms with Crippen molar-refractivity contribution in [2.45, 2.75) is 19.4 Å². The molecule has 1 aromatic heterocycles. The number of carbonyl (C=O) groups is 1. The topological polar surface area (TPSA) is 45.8 Å². The average Bonchev–Trinajstić information content (AvgIpc) is 2.72. The molecular formula is C13H12N2O. The maximum absolute atomic E-state index is 10.2. The summed E-state index contributed by atoms with van der Waals surface area (Å²) in [5.74, 6) is 0. The van der Waals surface area contributed by atoms with Crippen LogP contribution in [0, 0.1) is 11.3 Å². The van der Waals surface area contributed by atoms with Gasteiger partial charge < -0.3 is 9.36 Å². The fourth-order valence-electron chi connectivity index (χ4n) is 1.81. The lowest BCUT2D eigenvalue weighted by atomic mass is 10.2. The van der Waals surface area contributed by atoms with Crippen molar-refractivity contribution in [3.8, 4) is 6.07 Å². The lowest BCUT2D eigenvalue weighted by Gasteiger charge is -2.03. The van der Waals surface area contributed by atoms with E-state index in [9.17, 15) is 4.79 Å². The minimum atomic E-state index is 0.593. The molecule has 0 fully saturated rings. The number of benzene rings is 1. The molecule has 0 amide bonds. The van der Waals surface area contributed by atoms with Crippen LogP contribution in [-0.2, 0) is 11.3 Å². The first kappa shape index (κ1) is 10.4. The number of aldehydes is 1. The molecule has 0 aliphatic rings. The Morgan fingerprint density at radius 3 is 3.00 bits per heavy atom. The van der Waals surface area contributed by atoms with Crippen LogP contribution in [0.1, 0.15) is 18.4 Å². The van der Waals surface area contributed by atoms with E-state index in [-0.39, 0.29) is 0 Å². The highest BCUT2D eigenvalue weighted by Crippen LogP contribution is 2.17. The second kappa shape index (κ2) is 4.63. The van der Waals surface area contributed by atoms with Crippen LogP contribution in [0.4, 0.5) is 0 Å². The Morgan fingerprint density at radius 2 is 2.25 bits per heavy atom. The molecule has 2 rings (SSSR count). The second-order valence-electron chi connectivity index (χ2n) is 3.70. The molecule has 0 saturated heterocycles. The van der Waals surface area contributed by atoms with Gasteiger partial charge in [0.1, 0.15) is 6.29 Å². The molecule has 0 unspecified atom stereocenters. The maximum atomic E-state index is 10.2. The largest absolute Gasteiger partial charge is 0.347 e. The number of rotatable bonds is 4. The highest BCUT2D eigenvalue weighted by molar-refractivity contribution is 5.81. The van der Waals surface area contributed by atoms with Gasteiger partial charge in [-0.2, -0.15) is 5.26 Å². The Kier molecular flexibility index (Phi) is 3.02. The fraction of sp³-hybridized carbons (Fsp3) is 0.231. The fourth-order valence-corrected chi connectivity index (χ4v) is 1.81. The number of hydrogen-bond donors (Lipinski definition) is 0. The van der Waals surface area contributed by atoms with Crippen molar-refractivity contribution in [3.05, 3.63) is 36.0 Å². The van der Waals surface area contributed by atoms with E-state index < -0.39 is 0 Å². The molecule has 3 heteroatoms. The SMILES string of the molecule is N#Cc1ccc2c(ccn2CCCC=O)c1. The summed E-state index contributed by atoms with van der Waals surface area (Å²) in [5, 5.41) is 9.86. The van der Waals surface area contributed by atoms with E-state index in [0.717, 1.165) is 30.2 Å². The molecular weight excluding hydrogens is 200 g/mol. The van der Waals surface area contributed by atoms with Crippen LogP contribution in [0.5, 0.6) is 0 Å². The number of nitrogens with zero attached hydrogens (tertiary/aromatic N) is 2. The minimum absolute atomic E-state index is 0.593. The zero-order valence-corrected chi connectivity index (χ0v) is 8.89. The van der Waals surface area contributed by atoms with Crippen molar-refractivity contribution < 1.29 is 4.79 Å². The van der Waals surface area contributed by atoms with Gasteiger partial charge in [0.15, 0.2) is 0 Å². The molecule has 1 heterocycles. The van der Waals surface area contributed by atoms with Crippen LogP contribution in [0.25, 0.3) is 10.9 Å². The molecule has 3 nitrogen and oxygen atoms in total. The third kappa shape index (κ3) is 1.96. The number of aromatic nitrogens is 1. The molecule has 0 bridgehead atoms. The number of unbranched alkanes of at least 4 members (excludes halogenated alkanes) is 1. The Labute approximate surface area is 93.9 Å². The first-order valence-electron chi connectivity index (χ1n) is 5.28. The summed E-state index contributed by atoms with van der Waals surface area (Å²) in [4.78, 5) is 10.2. The van der Waals surface area contributed by atoms with Crippen molar-refractivity contribution in [2.24, 2.45) is 0 Å². The van der Waals surface area contributed by atoms with Crippen molar-refractivity contribution >= 4 is 17.2 Å². The van der Waals surface area contributed by atoms with E-state index in [2.05, 4.69) is 10.6 Å². The number of carbonyl (C=O) groups excluding carboxylic acids is 1. The van der Waals surface area contributed by atoms with E-state index in [4.69, 9.17) is 5.26 Å². The van der Waals surface area contributed by atoms with Crippen molar-refractivity contribution in [2.75, 3.05) is 0 Å². The molecule has 1 aromatic carbocycles. The van der Waals surface area contributed by atoms with E-state index in [1.54, 1.807) is 0 Å². The van der Waals surface area contributed by atoms with Gasteiger partial charge in [0, 0.05) is 30.1 Å². The summed E-state index contributed by atoms with van der Waals surface area (Å²) in [6.45, 7) is 0.841. The van der Waals surface area contributed by atoms with Crippen molar-refractivity contribution in [3.63, 3.8) is 0 Å². The third-order valence-electron chi connectivity index (χ3n) is 2.62. The normalized spacial score (nSPS) is 10.2. The molecule has 0 aliphatic carbocycles. The van der Waals surface area contributed by atoms with Gasteiger partial charge in [-0.3, -0.25) is 0 Å². The van der Waals surface area contributed by atoms with Crippen LogP contribution >= 0.6 is 0 Å². The zero-order valence-electron chi connectivity index (χ0n) is 8.89. The summed E-state index contributed by atoms with van der Waals surface area (Å²) in [7, 11) is 0. The highest BCUT2D eigenvalue weighted by atomic mass is 16.1. The quantitative estimate of drug-likeness (QED) is 0.577. The molecule has 80 valence electrons. The maximum Gasteiger partial charge on any atom is 0.120 e. The molecule has 0 spiro atoms. The second-order valence-corrected chi connectivity index (χ2v) is 3.70. The Morgan fingerprint density at radius 1 is 1.38 bits per heavy atom. The van der Waals surface area contributed by atoms with E-state index in [1.165, 1.54) is 0 Å². The summed E-state index contributed by atoms with van der Waals surface area (Å²) >= 11 is 0. The van der Waals surface area contributed by atoms with Crippen molar-refractivity contribution in [1.82, 2.24) is 4.57 Å². The molecule has 0 radical (unpaired) electrons. The standard InChI is InChI=1S/C13H12N2O/c14-10-11-3-4-13-12(9-11)5-7-15(13)6-1-2-8-16/h3-5,7-9H,1-2,6H2. The van der Waals surface area contributed by atoms with Gasteiger partial charge in [0.25, 0.3) is 0 Å². The van der Waals surface area contributed by atoms with Gasteiger partial charge in [-0.25, -0.2) is 0 Å². The summed E-state index contributed by atoms with van der Waals surface area (Å²) < 4.78 is 2.11. The number of aryl methyl sites for hydroxylation is 1. The van der Waals surface area contributed by atoms with E-state index >= 15 is 0 Å². The molecule has 0 atom stereocenters. The van der Waals surface area contributed by atoms with Gasteiger partial charge in [-0.1, -0.05) is 0 Å². The smallest absolute Gasteiger partial charge is 0.120 e. The molecule has 16 heavy (non-hydrogen) atoms. The van der Waals surface area contributed by atoms with Gasteiger partial charge in [0.05, 0.1) is 11.6 Å². The van der Waals surface area contributed by atoms with Gasteiger partial charge >= 0.3 is 0 Å². The first-order valence-corrected chi connectivity index (χ1v) is 5.28. The minimum Gasteiger partial charge on any atom is -0.347 e. The van der Waals surface area contributed by atoms with E-state index in [0.29, 0.717) is 12.0 Å². The number of hydrogen-bond acceptors (Lipinski definition) is 2. The van der Waals surface area contributed by atoms with Crippen LogP contribution in [0.2, 0.25) is 0 Å². The predicted molar refractivity (Wildman–Crippen MR) is 62.0 cm³/mol. The van der Waals surface area contributed by atoms with E-state index in [1.807, 2.05) is 30.5 Å².